The summed E-state index contributed by atoms with van der Waals surface area (Å²) in [5.41, 5.74) is 2.02. The first kappa shape index (κ1) is 15.2. The third kappa shape index (κ3) is 3.23. The van der Waals surface area contributed by atoms with Crippen molar-refractivity contribution in [2.75, 3.05) is 16.8 Å². The molecule has 2 aromatic rings. The molecule has 2 amide bonds. The number of nitrogens with one attached hydrogen (secondary N) is 1. The summed E-state index contributed by atoms with van der Waals surface area (Å²) >= 11 is 0. The second-order valence-electron chi connectivity index (χ2n) is 5.71. The maximum Gasteiger partial charge on any atom is 0.229 e. The van der Waals surface area contributed by atoms with Gasteiger partial charge < -0.3 is 10.2 Å². The molecule has 4 nitrogen and oxygen atoms in total. The number of hydrogen-bond donors (Lipinski definition) is 1. The van der Waals surface area contributed by atoms with Crippen LogP contribution < -0.4 is 10.2 Å². The van der Waals surface area contributed by atoms with Gasteiger partial charge in [0.1, 0.15) is 5.82 Å². The lowest BCUT2D eigenvalue weighted by molar-refractivity contribution is -0.122. The van der Waals surface area contributed by atoms with Crippen molar-refractivity contribution in [1.82, 2.24) is 0 Å². The van der Waals surface area contributed by atoms with Gasteiger partial charge in [-0.2, -0.15) is 0 Å². The Kier molecular flexibility index (Phi) is 4.10. The molecule has 1 heterocycles. The Labute approximate surface area is 133 Å². The number of aryl methyl sites for hydroxylation is 1. The molecule has 0 spiro atoms. The van der Waals surface area contributed by atoms with Gasteiger partial charge in [-0.05, 0) is 31.2 Å². The van der Waals surface area contributed by atoms with E-state index in [1.807, 2.05) is 31.2 Å². The Hall–Kier alpha value is -2.69. The van der Waals surface area contributed by atoms with Crippen LogP contribution in [0.2, 0.25) is 0 Å². The lowest BCUT2D eigenvalue weighted by Gasteiger charge is -2.17. The van der Waals surface area contributed by atoms with Crippen LogP contribution in [0.4, 0.5) is 15.8 Å². The molecule has 0 saturated carbocycles. The van der Waals surface area contributed by atoms with Crippen LogP contribution in [0, 0.1) is 18.7 Å². The summed E-state index contributed by atoms with van der Waals surface area (Å²) in [5.74, 6) is -1.40. The van der Waals surface area contributed by atoms with Gasteiger partial charge in [-0.1, -0.05) is 29.8 Å². The Bertz CT molecular complexity index is 743. The smallest absolute Gasteiger partial charge is 0.229 e. The zero-order valence-electron chi connectivity index (χ0n) is 12.8. The number of rotatable bonds is 3. The van der Waals surface area contributed by atoms with E-state index in [0.717, 1.165) is 5.56 Å². The van der Waals surface area contributed by atoms with E-state index >= 15 is 0 Å². The summed E-state index contributed by atoms with van der Waals surface area (Å²) in [6.45, 7) is 2.16. The SMILES string of the molecule is Cc1ccc(NC(=O)C2CC(=O)N(c3ccccc3F)C2)cc1. The Morgan fingerprint density at radius 2 is 1.87 bits per heavy atom. The highest BCUT2D eigenvalue weighted by atomic mass is 19.1. The number of carbonyl (C=O) groups excluding carboxylic acids is 2. The van der Waals surface area contributed by atoms with Crippen molar-refractivity contribution in [3.63, 3.8) is 0 Å². The molecule has 23 heavy (non-hydrogen) atoms. The third-order valence-corrected chi connectivity index (χ3v) is 3.96. The van der Waals surface area contributed by atoms with Gasteiger partial charge in [0.25, 0.3) is 0 Å². The van der Waals surface area contributed by atoms with Gasteiger partial charge in [0.2, 0.25) is 11.8 Å². The van der Waals surface area contributed by atoms with Gasteiger partial charge in [-0.3, -0.25) is 9.59 Å². The summed E-state index contributed by atoms with van der Waals surface area (Å²) in [7, 11) is 0. The van der Waals surface area contributed by atoms with Gasteiger partial charge in [-0.15, -0.1) is 0 Å². The average Bonchev–Trinajstić information content (AvgIpc) is 2.92. The molecular weight excluding hydrogens is 295 g/mol. The van der Waals surface area contributed by atoms with Crippen LogP contribution in [-0.4, -0.2) is 18.4 Å². The first-order valence-electron chi connectivity index (χ1n) is 7.47. The van der Waals surface area contributed by atoms with Crippen LogP contribution in [0.1, 0.15) is 12.0 Å². The lowest BCUT2D eigenvalue weighted by atomic mass is 10.1. The highest BCUT2D eigenvalue weighted by molar-refractivity contribution is 6.03. The van der Waals surface area contributed by atoms with Gasteiger partial charge in [0, 0.05) is 18.7 Å². The number of para-hydroxylation sites is 1. The molecule has 0 bridgehead atoms. The van der Waals surface area contributed by atoms with Crippen LogP contribution >= 0.6 is 0 Å². The van der Waals surface area contributed by atoms with Crippen LogP contribution in [0.15, 0.2) is 48.5 Å². The van der Waals surface area contributed by atoms with E-state index < -0.39 is 11.7 Å². The zero-order valence-corrected chi connectivity index (χ0v) is 12.8. The monoisotopic (exact) mass is 312 g/mol. The number of carbonyl (C=O) groups is 2. The Morgan fingerprint density at radius 3 is 2.57 bits per heavy atom. The first-order chi connectivity index (χ1) is 11.0. The highest BCUT2D eigenvalue weighted by Crippen LogP contribution is 2.28. The second-order valence-corrected chi connectivity index (χ2v) is 5.71. The maximum atomic E-state index is 13.8. The molecule has 1 aliphatic heterocycles. The summed E-state index contributed by atoms with van der Waals surface area (Å²) in [6.07, 6.45) is 0.0893. The van der Waals surface area contributed by atoms with E-state index in [1.54, 1.807) is 18.2 Å². The second kappa shape index (κ2) is 6.20. The van der Waals surface area contributed by atoms with Crippen LogP contribution in [0.5, 0.6) is 0 Å². The van der Waals surface area contributed by atoms with E-state index in [-0.39, 0.29) is 30.5 Å². The molecule has 1 fully saturated rings. The number of nitrogens with zero attached hydrogens (tertiary/aromatic N) is 1. The molecule has 1 saturated heterocycles. The van der Waals surface area contributed by atoms with Gasteiger partial charge in [0.15, 0.2) is 0 Å². The highest BCUT2D eigenvalue weighted by Gasteiger charge is 2.36. The van der Waals surface area contributed by atoms with E-state index in [1.165, 1.54) is 11.0 Å². The van der Waals surface area contributed by atoms with Crippen LogP contribution in [0.3, 0.4) is 0 Å². The normalized spacial score (nSPS) is 17.4. The van der Waals surface area contributed by atoms with Crippen LogP contribution in [-0.2, 0) is 9.59 Å². The third-order valence-electron chi connectivity index (χ3n) is 3.96. The van der Waals surface area contributed by atoms with Gasteiger partial charge in [-0.25, -0.2) is 4.39 Å². The Balaban J connectivity index is 1.71. The van der Waals surface area contributed by atoms with Crippen molar-refractivity contribution in [1.29, 1.82) is 0 Å². The fraction of sp³-hybridized carbons (Fsp3) is 0.222. The van der Waals surface area contributed by atoms with Crippen molar-refractivity contribution in [3.05, 3.63) is 59.9 Å². The molecule has 1 unspecified atom stereocenters. The molecular formula is C18H17FN2O2. The molecule has 2 aromatic carbocycles. The number of amides is 2. The van der Waals surface area contributed by atoms with Crippen LogP contribution in [0.25, 0.3) is 0 Å². The molecule has 118 valence electrons. The topological polar surface area (TPSA) is 49.4 Å². The van der Waals surface area contributed by atoms with E-state index in [2.05, 4.69) is 5.32 Å². The number of benzene rings is 2. The quantitative estimate of drug-likeness (QED) is 0.946. The molecule has 1 aliphatic rings. The molecule has 0 aliphatic carbocycles. The molecule has 0 aromatic heterocycles. The fourth-order valence-corrected chi connectivity index (χ4v) is 2.67. The van der Waals surface area contributed by atoms with Crippen molar-refractivity contribution < 1.29 is 14.0 Å². The average molecular weight is 312 g/mol. The minimum absolute atomic E-state index is 0.0893. The van der Waals surface area contributed by atoms with Crippen molar-refractivity contribution in [2.45, 2.75) is 13.3 Å². The number of halogens is 1. The number of anilines is 2. The minimum Gasteiger partial charge on any atom is -0.326 e. The number of hydrogen-bond acceptors (Lipinski definition) is 2. The maximum absolute atomic E-state index is 13.8. The minimum atomic E-state index is -0.483. The van der Waals surface area contributed by atoms with Crippen molar-refractivity contribution in [3.8, 4) is 0 Å². The fourth-order valence-electron chi connectivity index (χ4n) is 2.67. The summed E-state index contributed by atoms with van der Waals surface area (Å²) < 4.78 is 13.8. The molecule has 5 heteroatoms. The summed E-state index contributed by atoms with van der Waals surface area (Å²) in [4.78, 5) is 25.8. The molecule has 1 atom stereocenters. The Morgan fingerprint density at radius 1 is 1.17 bits per heavy atom. The molecule has 1 N–H and O–H groups in total. The first-order valence-corrected chi connectivity index (χ1v) is 7.47. The van der Waals surface area contributed by atoms with Gasteiger partial charge in [0.05, 0.1) is 11.6 Å². The van der Waals surface area contributed by atoms with E-state index in [9.17, 15) is 14.0 Å². The molecule has 0 radical (unpaired) electrons. The largest absolute Gasteiger partial charge is 0.326 e. The summed E-state index contributed by atoms with van der Waals surface area (Å²) in [5, 5.41) is 2.81. The van der Waals surface area contributed by atoms with Crippen molar-refractivity contribution >= 4 is 23.2 Å². The predicted octanol–water partition coefficient (Wildman–Crippen LogP) is 3.13. The summed E-state index contributed by atoms with van der Waals surface area (Å²) in [6, 6.07) is 13.5. The zero-order chi connectivity index (χ0) is 16.4. The van der Waals surface area contributed by atoms with E-state index in [0.29, 0.717) is 5.69 Å². The predicted molar refractivity (Wildman–Crippen MR) is 86.7 cm³/mol. The lowest BCUT2D eigenvalue weighted by Crippen LogP contribution is -2.28. The van der Waals surface area contributed by atoms with E-state index in [4.69, 9.17) is 0 Å². The van der Waals surface area contributed by atoms with Crippen molar-refractivity contribution in [2.24, 2.45) is 5.92 Å². The standard InChI is InChI=1S/C18H17FN2O2/c1-12-6-8-14(9-7-12)20-18(23)13-10-17(22)21(11-13)16-5-3-2-4-15(16)19/h2-9,13H,10-11H2,1H3,(H,20,23). The molecule has 3 rings (SSSR count). The van der Waals surface area contributed by atoms with Gasteiger partial charge >= 0.3 is 0 Å².